The number of likely N-dealkylation sites (tertiary alicyclic amines) is 1. The number of hydrogen-bond donors (Lipinski definition) is 2. The maximum atomic E-state index is 14.2. The van der Waals surface area contributed by atoms with Crippen molar-refractivity contribution in [2.75, 3.05) is 6.54 Å². The van der Waals surface area contributed by atoms with E-state index in [1.54, 1.807) is 6.92 Å². The molecule has 1 aliphatic rings. The van der Waals surface area contributed by atoms with Crippen molar-refractivity contribution in [3.05, 3.63) is 12.2 Å². The van der Waals surface area contributed by atoms with Crippen LogP contribution in [0, 0.1) is 0 Å². The van der Waals surface area contributed by atoms with Gasteiger partial charge in [0.2, 0.25) is 5.91 Å². The number of amides is 1. The second kappa shape index (κ2) is 10.6. The van der Waals surface area contributed by atoms with Gasteiger partial charge in [0, 0.05) is 25.7 Å². The molecule has 2 atom stereocenters. The standard InChI is InChI=1S/C20H31F2NO5/c1-3-4-12-20(21,22)19(2,28)13-11-15-9-10-17(25)23(15)14-16(24)7-5-6-8-18(26)27/h11,13,15,28H,3-10,12,14H2,1-2H3,(H,26,27)/b13-11+. The molecule has 0 aliphatic carbocycles. The summed E-state index contributed by atoms with van der Waals surface area (Å²) in [6.45, 7) is 2.71. The van der Waals surface area contributed by atoms with Gasteiger partial charge >= 0.3 is 5.97 Å². The van der Waals surface area contributed by atoms with E-state index in [1.165, 1.54) is 11.0 Å². The van der Waals surface area contributed by atoms with E-state index in [1.807, 2.05) is 0 Å². The van der Waals surface area contributed by atoms with Crippen molar-refractivity contribution in [1.82, 2.24) is 4.90 Å². The minimum Gasteiger partial charge on any atom is -0.481 e. The van der Waals surface area contributed by atoms with Crippen molar-refractivity contribution in [2.45, 2.75) is 89.2 Å². The molecule has 6 nitrogen and oxygen atoms in total. The van der Waals surface area contributed by atoms with Crippen LogP contribution in [0.2, 0.25) is 0 Å². The summed E-state index contributed by atoms with van der Waals surface area (Å²) in [5, 5.41) is 18.8. The van der Waals surface area contributed by atoms with Crippen LogP contribution < -0.4 is 0 Å². The highest BCUT2D eigenvalue weighted by atomic mass is 19.3. The van der Waals surface area contributed by atoms with E-state index in [0.29, 0.717) is 32.1 Å². The number of unbranched alkanes of at least 4 members (excludes halogenated alkanes) is 2. The van der Waals surface area contributed by atoms with Gasteiger partial charge in [-0.25, -0.2) is 8.78 Å². The van der Waals surface area contributed by atoms with Gasteiger partial charge in [0.1, 0.15) is 5.60 Å². The normalized spacial score (nSPS) is 20.0. The van der Waals surface area contributed by atoms with Crippen LogP contribution >= 0.6 is 0 Å². The molecule has 0 bridgehead atoms. The molecule has 0 radical (unpaired) electrons. The first-order chi connectivity index (χ1) is 13.0. The highest BCUT2D eigenvalue weighted by Gasteiger charge is 2.46. The first-order valence-corrected chi connectivity index (χ1v) is 9.82. The first-order valence-electron chi connectivity index (χ1n) is 9.82. The molecule has 1 aliphatic heterocycles. The number of carboxylic acids is 1. The number of nitrogens with zero attached hydrogens (tertiary/aromatic N) is 1. The first kappa shape index (κ1) is 24.2. The lowest BCUT2D eigenvalue weighted by molar-refractivity contribution is -0.150. The molecule has 1 saturated heterocycles. The molecule has 2 unspecified atom stereocenters. The highest BCUT2D eigenvalue weighted by Crippen LogP contribution is 2.35. The van der Waals surface area contributed by atoms with E-state index in [-0.39, 0.29) is 37.5 Å². The fourth-order valence-corrected chi connectivity index (χ4v) is 3.10. The van der Waals surface area contributed by atoms with E-state index in [4.69, 9.17) is 5.11 Å². The lowest BCUT2D eigenvalue weighted by atomic mass is 9.92. The number of carboxylic acid groups (broad SMARTS) is 1. The molecule has 0 aromatic carbocycles. The largest absolute Gasteiger partial charge is 0.481 e. The molecule has 1 heterocycles. The number of alkyl halides is 2. The molecule has 160 valence electrons. The topological polar surface area (TPSA) is 94.9 Å². The summed E-state index contributed by atoms with van der Waals surface area (Å²) in [6.07, 6.45) is 4.47. The molecule has 0 aromatic rings. The average molecular weight is 403 g/mol. The number of halogens is 2. The summed E-state index contributed by atoms with van der Waals surface area (Å²) < 4.78 is 28.4. The van der Waals surface area contributed by atoms with E-state index in [0.717, 1.165) is 13.0 Å². The van der Waals surface area contributed by atoms with Crippen LogP contribution in [0.1, 0.15) is 71.6 Å². The maximum absolute atomic E-state index is 14.2. The second-order valence-electron chi connectivity index (χ2n) is 7.58. The average Bonchev–Trinajstić information content (AvgIpc) is 2.95. The van der Waals surface area contributed by atoms with Crippen molar-refractivity contribution in [2.24, 2.45) is 0 Å². The molecule has 1 amide bonds. The zero-order valence-electron chi connectivity index (χ0n) is 16.6. The van der Waals surface area contributed by atoms with Gasteiger partial charge in [0.05, 0.1) is 12.6 Å². The van der Waals surface area contributed by atoms with Crippen molar-refractivity contribution >= 4 is 17.7 Å². The molecular weight excluding hydrogens is 372 g/mol. The SMILES string of the molecule is CCCCC(F)(F)C(C)(O)/C=C/C1CCC(=O)N1CC(=O)CCCCC(=O)O. The Balaban J connectivity index is 2.66. The van der Waals surface area contributed by atoms with Crippen LogP contribution in [-0.4, -0.2) is 56.9 Å². The number of aliphatic carboxylic acids is 1. The predicted molar refractivity (Wildman–Crippen MR) is 100 cm³/mol. The highest BCUT2D eigenvalue weighted by molar-refractivity contribution is 5.87. The van der Waals surface area contributed by atoms with E-state index < -0.39 is 30.0 Å². The van der Waals surface area contributed by atoms with Gasteiger partial charge in [-0.3, -0.25) is 14.4 Å². The second-order valence-corrected chi connectivity index (χ2v) is 7.58. The van der Waals surface area contributed by atoms with Gasteiger partial charge in [0.15, 0.2) is 5.78 Å². The summed E-state index contributed by atoms with van der Waals surface area (Å²) in [5.41, 5.74) is -2.33. The summed E-state index contributed by atoms with van der Waals surface area (Å²) in [6, 6.07) is -0.510. The zero-order chi connectivity index (χ0) is 21.4. The van der Waals surface area contributed by atoms with Crippen LogP contribution in [0.15, 0.2) is 12.2 Å². The molecule has 1 fully saturated rings. The smallest absolute Gasteiger partial charge is 0.303 e. The number of carbonyl (C=O) groups is 3. The Hall–Kier alpha value is -1.83. The molecule has 2 N–H and O–H groups in total. The minimum atomic E-state index is -3.28. The molecule has 0 saturated carbocycles. The summed E-state index contributed by atoms with van der Waals surface area (Å²) >= 11 is 0. The zero-order valence-corrected chi connectivity index (χ0v) is 16.6. The van der Waals surface area contributed by atoms with E-state index in [2.05, 4.69) is 0 Å². The van der Waals surface area contributed by atoms with Crippen molar-refractivity contribution in [3.8, 4) is 0 Å². The third-order valence-corrected chi connectivity index (χ3v) is 5.05. The van der Waals surface area contributed by atoms with Crippen LogP contribution in [0.5, 0.6) is 0 Å². The molecule has 0 aromatic heterocycles. The van der Waals surface area contributed by atoms with Crippen LogP contribution in [0.3, 0.4) is 0 Å². The van der Waals surface area contributed by atoms with Gasteiger partial charge < -0.3 is 15.1 Å². The summed E-state index contributed by atoms with van der Waals surface area (Å²) in [5.74, 6) is -4.63. The van der Waals surface area contributed by atoms with Crippen LogP contribution in [0.25, 0.3) is 0 Å². The molecule has 0 spiro atoms. The Kier molecular flexibility index (Phi) is 9.20. The number of aliphatic hydroxyl groups is 1. The van der Waals surface area contributed by atoms with Gasteiger partial charge in [-0.05, 0) is 38.7 Å². The van der Waals surface area contributed by atoms with E-state index in [9.17, 15) is 28.3 Å². The Morgan fingerprint density at radius 1 is 1.25 bits per heavy atom. The number of Topliss-reactive ketones (excluding diaryl/α,β-unsaturated/α-hetero) is 1. The van der Waals surface area contributed by atoms with Crippen molar-refractivity contribution in [3.63, 3.8) is 0 Å². The lowest BCUT2D eigenvalue weighted by Gasteiger charge is -2.31. The quantitative estimate of drug-likeness (QED) is 0.363. The number of ketones is 1. The summed E-state index contributed by atoms with van der Waals surface area (Å²) in [7, 11) is 0. The monoisotopic (exact) mass is 403 g/mol. The third kappa shape index (κ3) is 7.30. The summed E-state index contributed by atoms with van der Waals surface area (Å²) in [4.78, 5) is 35.9. The predicted octanol–water partition coefficient (Wildman–Crippen LogP) is 3.32. The van der Waals surface area contributed by atoms with Gasteiger partial charge in [-0.1, -0.05) is 19.4 Å². The third-order valence-electron chi connectivity index (χ3n) is 5.05. The van der Waals surface area contributed by atoms with Crippen molar-refractivity contribution < 1.29 is 33.4 Å². The molecule has 28 heavy (non-hydrogen) atoms. The molecule has 8 heteroatoms. The fourth-order valence-electron chi connectivity index (χ4n) is 3.10. The number of rotatable bonds is 13. The maximum Gasteiger partial charge on any atom is 0.303 e. The molecular formula is C20H31F2NO5. The number of carbonyl (C=O) groups excluding carboxylic acids is 2. The Labute approximate surface area is 164 Å². The van der Waals surface area contributed by atoms with Gasteiger partial charge in [-0.2, -0.15) is 0 Å². The minimum absolute atomic E-state index is 0.0113. The molecule has 1 rings (SSSR count). The van der Waals surface area contributed by atoms with Crippen molar-refractivity contribution in [1.29, 1.82) is 0 Å². The Morgan fingerprint density at radius 3 is 2.50 bits per heavy atom. The fraction of sp³-hybridized carbons (Fsp3) is 0.750. The number of hydrogen-bond acceptors (Lipinski definition) is 4. The van der Waals surface area contributed by atoms with E-state index >= 15 is 0 Å². The lowest BCUT2D eigenvalue weighted by Crippen LogP contribution is -2.44. The van der Waals surface area contributed by atoms with Gasteiger partial charge in [0.25, 0.3) is 5.92 Å². The van der Waals surface area contributed by atoms with Crippen LogP contribution in [-0.2, 0) is 14.4 Å². The van der Waals surface area contributed by atoms with Gasteiger partial charge in [-0.15, -0.1) is 0 Å². The van der Waals surface area contributed by atoms with Crippen LogP contribution in [0.4, 0.5) is 8.78 Å². The Bertz CT molecular complexity index is 589. The Morgan fingerprint density at radius 2 is 1.89 bits per heavy atom.